The van der Waals surface area contributed by atoms with Crippen molar-refractivity contribution < 1.29 is 9.53 Å². The standard InChI is InChI=1S/C19H26O2/c1-13(2)11-19(12-14(19)3)18(20)21-17-10-6-8-15-7-4-5-9-16(15)17/h4-5,7,9,13-14,17H,6,8,10-12H2,1-3H3. The van der Waals surface area contributed by atoms with E-state index in [-0.39, 0.29) is 17.5 Å². The molecule has 2 aliphatic carbocycles. The highest BCUT2D eigenvalue weighted by Crippen LogP contribution is 2.58. The van der Waals surface area contributed by atoms with Gasteiger partial charge in [-0.15, -0.1) is 0 Å². The van der Waals surface area contributed by atoms with Crippen LogP contribution in [0.4, 0.5) is 0 Å². The third-order valence-electron chi connectivity index (χ3n) is 5.20. The number of hydrogen-bond acceptors (Lipinski definition) is 2. The maximum absolute atomic E-state index is 12.7. The molecule has 0 saturated heterocycles. The molecule has 2 heteroatoms. The fraction of sp³-hybridized carbons (Fsp3) is 0.632. The molecule has 0 spiro atoms. The van der Waals surface area contributed by atoms with Crippen molar-refractivity contribution in [3.63, 3.8) is 0 Å². The monoisotopic (exact) mass is 286 g/mol. The van der Waals surface area contributed by atoms with Crippen LogP contribution < -0.4 is 0 Å². The maximum atomic E-state index is 12.7. The zero-order valence-electron chi connectivity index (χ0n) is 13.4. The molecule has 1 aromatic carbocycles. The lowest BCUT2D eigenvalue weighted by atomic mass is 9.88. The van der Waals surface area contributed by atoms with Gasteiger partial charge in [0.1, 0.15) is 6.10 Å². The number of hydrogen-bond donors (Lipinski definition) is 0. The summed E-state index contributed by atoms with van der Waals surface area (Å²) in [4.78, 5) is 12.7. The normalized spacial score (nSPS) is 30.9. The number of carbonyl (C=O) groups is 1. The zero-order chi connectivity index (χ0) is 15.0. The van der Waals surface area contributed by atoms with Crippen LogP contribution in [0.1, 0.15) is 63.7 Å². The lowest BCUT2D eigenvalue weighted by Gasteiger charge is -2.28. The molecule has 2 nitrogen and oxygen atoms in total. The number of ether oxygens (including phenoxy) is 1. The van der Waals surface area contributed by atoms with Gasteiger partial charge in [-0.2, -0.15) is 0 Å². The Morgan fingerprint density at radius 2 is 2.10 bits per heavy atom. The number of fused-ring (bicyclic) bond motifs is 1. The van der Waals surface area contributed by atoms with Gasteiger partial charge in [0, 0.05) is 0 Å². The Kier molecular flexibility index (Phi) is 3.81. The smallest absolute Gasteiger partial charge is 0.312 e. The van der Waals surface area contributed by atoms with Crippen molar-refractivity contribution in [2.45, 2.75) is 59.0 Å². The first-order valence-corrected chi connectivity index (χ1v) is 8.32. The second-order valence-electron chi connectivity index (χ2n) is 7.34. The summed E-state index contributed by atoms with van der Waals surface area (Å²) in [6.45, 7) is 6.56. The van der Waals surface area contributed by atoms with E-state index >= 15 is 0 Å². The van der Waals surface area contributed by atoms with Crippen LogP contribution in [0.2, 0.25) is 0 Å². The molecule has 1 saturated carbocycles. The molecule has 114 valence electrons. The summed E-state index contributed by atoms with van der Waals surface area (Å²) < 4.78 is 5.98. The molecule has 3 rings (SSSR count). The molecular formula is C19H26O2. The van der Waals surface area contributed by atoms with Crippen molar-refractivity contribution >= 4 is 5.97 Å². The number of aryl methyl sites for hydroxylation is 1. The molecule has 0 aliphatic heterocycles. The summed E-state index contributed by atoms with van der Waals surface area (Å²) in [5.41, 5.74) is 2.38. The Balaban J connectivity index is 1.74. The lowest BCUT2D eigenvalue weighted by molar-refractivity contribution is -0.158. The van der Waals surface area contributed by atoms with Crippen molar-refractivity contribution in [3.8, 4) is 0 Å². The SMILES string of the molecule is CC(C)CC1(C(=O)OC2CCCc3ccccc32)CC1C. The van der Waals surface area contributed by atoms with Crippen LogP contribution in [-0.2, 0) is 16.0 Å². The second-order valence-corrected chi connectivity index (χ2v) is 7.34. The fourth-order valence-electron chi connectivity index (χ4n) is 3.95. The van der Waals surface area contributed by atoms with Gasteiger partial charge < -0.3 is 4.74 Å². The van der Waals surface area contributed by atoms with Crippen molar-refractivity contribution in [1.29, 1.82) is 0 Å². The summed E-state index contributed by atoms with van der Waals surface area (Å²) >= 11 is 0. The number of benzene rings is 1. The summed E-state index contributed by atoms with van der Waals surface area (Å²) in [6.07, 6.45) is 5.12. The minimum absolute atomic E-state index is 0.0284. The van der Waals surface area contributed by atoms with E-state index in [2.05, 4.69) is 45.0 Å². The van der Waals surface area contributed by atoms with E-state index in [4.69, 9.17) is 4.74 Å². The Morgan fingerprint density at radius 1 is 1.38 bits per heavy atom. The highest BCUT2D eigenvalue weighted by molar-refractivity contribution is 5.80. The van der Waals surface area contributed by atoms with Gasteiger partial charge in [0.25, 0.3) is 0 Å². The molecule has 3 atom stereocenters. The minimum Gasteiger partial charge on any atom is -0.457 e. The molecule has 21 heavy (non-hydrogen) atoms. The van der Waals surface area contributed by atoms with Gasteiger partial charge in [-0.25, -0.2) is 0 Å². The van der Waals surface area contributed by atoms with Gasteiger partial charge >= 0.3 is 5.97 Å². The van der Waals surface area contributed by atoms with Crippen LogP contribution in [0.3, 0.4) is 0 Å². The maximum Gasteiger partial charge on any atom is 0.312 e. The molecule has 1 aromatic rings. The average Bonchev–Trinajstić information content (AvgIpc) is 3.09. The first-order valence-electron chi connectivity index (χ1n) is 8.32. The molecule has 2 aliphatic rings. The summed E-state index contributed by atoms with van der Waals surface area (Å²) in [5.74, 6) is 1.07. The van der Waals surface area contributed by atoms with E-state index in [0.29, 0.717) is 11.8 Å². The Labute approximate surface area is 127 Å². The van der Waals surface area contributed by atoms with Crippen molar-refractivity contribution in [2.75, 3.05) is 0 Å². The van der Waals surface area contributed by atoms with Crippen LogP contribution in [0.25, 0.3) is 0 Å². The summed E-state index contributed by atoms with van der Waals surface area (Å²) in [7, 11) is 0. The van der Waals surface area contributed by atoms with E-state index < -0.39 is 0 Å². The highest BCUT2D eigenvalue weighted by atomic mass is 16.5. The van der Waals surface area contributed by atoms with Gasteiger partial charge in [0.15, 0.2) is 0 Å². The van der Waals surface area contributed by atoms with E-state index in [0.717, 1.165) is 32.1 Å². The predicted molar refractivity (Wildman–Crippen MR) is 83.9 cm³/mol. The van der Waals surface area contributed by atoms with Gasteiger partial charge in [-0.3, -0.25) is 4.79 Å². The average molecular weight is 286 g/mol. The van der Waals surface area contributed by atoms with Gasteiger partial charge in [0.2, 0.25) is 0 Å². The van der Waals surface area contributed by atoms with Crippen molar-refractivity contribution in [2.24, 2.45) is 17.3 Å². The van der Waals surface area contributed by atoms with Crippen LogP contribution in [0.15, 0.2) is 24.3 Å². The topological polar surface area (TPSA) is 26.3 Å². The van der Waals surface area contributed by atoms with E-state index in [1.165, 1.54) is 11.1 Å². The van der Waals surface area contributed by atoms with Gasteiger partial charge in [-0.1, -0.05) is 45.0 Å². The van der Waals surface area contributed by atoms with Crippen molar-refractivity contribution in [3.05, 3.63) is 35.4 Å². The predicted octanol–water partition coefficient (Wildman–Crippen LogP) is 4.68. The number of esters is 1. The summed E-state index contributed by atoms with van der Waals surface area (Å²) in [5, 5.41) is 0. The van der Waals surface area contributed by atoms with Crippen molar-refractivity contribution in [1.82, 2.24) is 0 Å². The van der Waals surface area contributed by atoms with E-state index in [1.807, 2.05) is 0 Å². The zero-order valence-corrected chi connectivity index (χ0v) is 13.4. The molecule has 0 aromatic heterocycles. The van der Waals surface area contributed by atoms with Gasteiger partial charge in [0.05, 0.1) is 5.41 Å². The quantitative estimate of drug-likeness (QED) is 0.751. The molecular weight excluding hydrogens is 260 g/mol. The number of rotatable bonds is 4. The third kappa shape index (κ3) is 2.73. The minimum atomic E-state index is -0.194. The van der Waals surface area contributed by atoms with E-state index in [9.17, 15) is 4.79 Å². The third-order valence-corrected chi connectivity index (χ3v) is 5.20. The van der Waals surface area contributed by atoms with E-state index in [1.54, 1.807) is 0 Å². The highest BCUT2D eigenvalue weighted by Gasteiger charge is 2.58. The molecule has 1 fully saturated rings. The van der Waals surface area contributed by atoms with Crippen LogP contribution in [-0.4, -0.2) is 5.97 Å². The Bertz CT molecular complexity index is 534. The molecule has 0 N–H and O–H groups in total. The summed E-state index contributed by atoms with van der Waals surface area (Å²) in [6, 6.07) is 8.41. The van der Waals surface area contributed by atoms with Gasteiger partial charge in [-0.05, 0) is 55.1 Å². The lowest BCUT2D eigenvalue weighted by Crippen LogP contribution is -2.26. The van der Waals surface area contributed by atoms with Crippen LogP contribution in [0.5, 0.6) is 0 Å². The molecule has 0 bridgehead atoms. The Hall–Kier alpha value is -1.31. The second kappa shape index (κ2) is 5.47. The molecule has 3 unspecified atom stereocenters. The molecule has 0 radical (unpaired) electrons. The first kappa shape index (κ1) is 14.6. The molecule has 0 amide bonds. The largest absolute Gasteiger partial charge is 0.457 e. The Morgan fingerprint density at radius 3 is 2.76 bits per heavy atom. The number of carbonyl (C=O) groups excluding carboxylic acids is 1. The first-order chi connectivity index (χ1) is 10.0. The van der Waals surface area contributed by atoms with Crippen LogP contribution >= 0.6 is 0 Å². The van der Waals surface area contributed by atoms with Crippen LogP contribution in [0, 0.1) is 17.3 Å². The molecule has 0 heterocycles. The fourth-order valence-corrected chi connectivity index (χ4v) is 3.95.